The van der Waals surface area contributed by atoms with Crippen molar-refractivity contribution in [1.29, 1.82) is 0 Å². The summed E-state index contributed by atoms with van der Waals surface area (Å²) in [6, 6.07) is 0. The molecule has 0 N–H and O–H groups in total. The van der Waals surface area contributed by atoms with Crippen LogP contribution >= 0.6 is 15.9 Å². The molecule has 0 radical (unpaired) electrons. The third kappa shape index (κ3) is 5.81. The SMILES string of the molecule is O=[N+]([O-])CC(F)Br. The van der Waals surface area contributed by atoms with Gasteiger partial charge in [0.1, 0.15) is 0 Å². The second-order valence-electron chi connectivity index (χ2n) is 0.906. The van der Waals surface area contributed by atoms with E-state index in [1.165, 1.54) is 0 Å². The van der Waals surface area contributed by atoms with Crippen molar-refractivity contribution in [2.75, 3.05) is 6.54 Å². The third-order valence-corrected chi connectivity index (χ3v) is 0.577. The highest BCUT2D eigenvalue weighted by molar-refractivity contribution is 9.09. The molecule has 1 unspecified atom stereocenters. The summed E-state index contributed by atoms with van der Waals surface area (Å²) in [5, 5.41) is 7.83. The average molecular weight is 172 g/mol. The lowest BCUT2D eigenvalue weighted by Crippen LogP contribution is -2.07. The van der Waals surface area contributed by atoms with Crippen molar-refractivity contribution in [2.24, 2.45) is 0 Å². The summed E-state index contributed by atoms with van der Waals surface area (Å²) in [6.07, 6.45) is 0. The van der Waals surface area contributed by atoms with Gasteiger partial charge in [0.2, 0.25) is 11.6 Å². The van der Waals surface area contributed by atoms with E-state index in [9.17, 15) is 14.5 Å². The first-order valence-electron chi connectivity index (χ1n) is 1.53. The Morgan fingerprint density at radius 1 is 2.00 bits per heavy atom. The highest BCUT2D eigenvalue weighted by atomic mass is 79.9. The van der Waals surface area contributed by atoms with Crippen LogP contribution in [0.1, 0.15) is 0 Å². The zero-order chi connectivity index (χ0) is 5.86. The Hall–Kier alpha value is -0.190. The Balaban J connectivity index is 3.13. The minimum atomic E-state index is -1.51. The Kier molecular flexibility index (Phi) is 2.82. The van der Waals surface area contributed by atoms with Gasteiger partial charge in [-0.15, -0.1) is 0 Å². The number of hydrogen-bond acceptors (Lipinski definition) is 2. The fourth-order valence-electron chi connectivity index (χ4n) is 0.113. The molecule has 0 saturated heterocycles. The van der Waals surface area contributed by atoms with E-state index in [1.807, 2.05) is 0 Å². The maximum absolute atomic E-state index is 11.4. The van der Waals surface area contributed by atoms with Crippen LogP contribution in [0.2, 0.25) is 0 Å². The summed E-state index contributed by atoms with van der Waals surface area (Å²) in [5.41, 5.74) is 0. The summed E-state index contributed by atoms with van der Waals surface area (Å²) < 4.78 is 11.4. The summed E-state index contributed by atoms with van der Waals surface area (Å²) in [7, 11) is 0. The van der Waals surface area contributed by atoms with Gasteiger partial charge in [-0.25, -0.2) is 4.39 Å². The fourth-order valence-corrected chi connectivity index (χ4v) is 0.349. The van der Waals surface area contributed by atoms with Gasteiger partial charge in [0.05, 0.1) is 0 Å². The monoisotopic (exact) mass is 171 g/mol. The molecule has 3 nitrogen and oxygen atoms in total. The van der Waals surface area contributed by atoms with E-state index in [4.69, 9.17) is 0 Å². The zero-order valence-corrected chi connectivity index (χ0v) is 4.89. The van der Waals surface area contributed by atoms with Crippen LogP contribution in [-0.2, 0) is 0 Å². The van der Waals surface area contributed by atoms with Crippen molar-refractivity contribution in [3.63, 3.8) is 0 Å². The topological polar surface area (TPSA) is 43.1 Å². The molecule has 0 spiro atoms. The molecule has 42 valence electrons. The number of nitro groups is 1. The second-order valence-corrected chi connectivity index (χ2v) is 1.90. The molecular weight excluding hydrogens is 169 g/mol. The lowest BCUT2D eigenvalue weighted by atomic mass is 10.8. The van der Waals surface area contributed by atoms with Crippen LogP contribution in [0.3, 0.4) is 0 Å². The maximum Gasteiger partial charge on any atom is 0.244 e. The normalized spacial score (nSPS) is 13.4. The van der Waals surface area contributed by atoms with Gasteiger partial charge in [-0.3, -0.25) is 10.1 Å². The first-order valence-corrected chi connectivity index (χ1v) is 2.44. The summed E-state index contributed by atoms with van der Waals surface area (Å²) in [6.45, 7) is -0.667. The quantitative estimate of drug-likeness (QED) is 0.353. The van der Waals surface area contributed by atoms with Crippen LogP contribution in [0.25, 0.3) is 0 Å². The van der Waals surface area contributed by atoms with Crippen molar-refractivity contribution in [1.82, 2.24) is 0 Å². The molecule has 0 aromatic rings. The molecule has 0 fully saturated rings. The van der Waals surface area contributed by atoms with E-state index in [2.05, 4.69) is 15.9 Å². The second kappa shape index (κ2) is 2.90. The van der Waals surface area contributed by atoms with Crippen molar-refractivity contribution in [3.05, 3.63) is 10.1 Å². The summed E-state index contributed by atoms with van der Waals surface area (Å²) in [4.78, 5) is 8.62. The molecule has 0 aliphatic rings. The predicted molar refractivity (Wildman–Crippen MR) is 25.7 cm³/mol. The van der Waals surface area contributed by atoms with Crippen LogP contribution < -0.4 is 0 Å². The minimum absolute atomic E-state index is 0.667. The van der Waals surface area contributed by atoms with Crippen LogP contribution in [0, 0.1) is 10.1 Å². The van der Waals surface area contributed by atoms with E-state index in [0.717, 1.165) is 0 Å². The molecule has 7 heavy (non-hydrogen) atoms. The molecule has 0 aliphatic carbocycles. The molecule has 0 aromatic carbocycles. The van der Waals surface area contributed by atoms with E-state index in [1.54, 1.807) is 0 Å². The maximum atomic E-state index is 11.4. The Labute approximate surface area is 47.8 Å². The molecule has 0 amide bonds. The highest BCUT2D eigenvalue weighted by Gasteiger charge is 2.06. The van der Waals surface area contributed by atoms with E-state index >= 15 is 0 Å². The number of hydrogen-bond donors (Lipinski definition) is 0. The van der Waals surface area contributed by atoms with Crippen molar-refractivity contribution < 1.29 is 9.31 Å². The van der Waals surface area contributed by atoms with Crippen molar-refractivity contribution >= 4 is 15.9 Å². The minimum Gasteiger partial charge on any atom is -0.264 e. The first-order chi connectivity index (χ1) is 3.13. The average Bonchev–Trinajstić information content (AvgIpc) is 1.27. The molecule has 0 bridgehead atoms. The van der Waals surface area contributed by atoms with Gasteiger partial charge in [0.25, 0.3) is 0 Å². The molecular formula is C2H3BrFNO2. The van der Waals surface area contributed by atoms with Gasteiger partial charge >= 0.3 is 0 Å². The van der Waals surface area contributed by atoms with E-state index < -0.39 is 16.5 Å². The standard InChI is InChI=1S/C2H3BrFNO2/c3-2(4)1-5(6)7/h2H,1H2. The molecule has 0 aromatic heterocycles. The van der Waals surface area contributed by atoms with Gasteiger partial charge < -0.3 is 0 Å². The molecule has 0 rings (SSSR count). The van der Waals surface area contributed by atoms with Crippen LogP contribution in [0.15, 0.2) is 0 Å². The van der Waals surface area contributed by atoms with Gasteiger partial charge in [-0.2, -0.15) is 0 Å². The van der Waals surface area contributed by atoms with Crippen molar-refractivity contribution in [2.45, 2.75) is 5.08 Å². The Morgan fingerprint density at radius 2 is 2.43 bits per heavy atom. The lowest BCUT2D eigenvalue weighted by molar-refractivity contribution is -0.482. The Bertz CT molecular complexity index is 76.1. The molecule has 0 saturated carbocycles. The van der Waals surface area contributed by atoms with Crippen LogP contribution in [0.5, 0.6) is 0 Å². The smallest absolute Gasteiger partial charge is 0.244 e. The molecule has 0 heterocycles. The van der Waals surface area contributed by atoms with Crippen LogP contribution in [0.4, 0.5) is 4.39 Å². The lowest BCUT2D eigenvalue weighted by Gasteiger charge is -1.87. The summed E-state index contributed by atoms with van der Waals surface area (Å²) >= 11 is 2.37. The number of alkyl halides is 2. The zero-order valence-electron chi connectivity index (χ0n) is 3.30. The van der Waals surface area contributed by atoms with Crippen LogP contribution in [-0.4, -0.2) is 16.5 Å². The van der Waals surface area contributed by atoms with Crippen molar-refractivity contribution in [3.8, 4) is 0 Å². The van der Waals surface area contributed by atoms with Gasteiger partial charge in [-0.05, 0) is 15.9 Å². The Morgan fingerprint density at radius 3 is 2.43 bits per heavy atom. The van der Waals surface area contributed by atoms with Gasteiger partial charge in [-0.1, -0.05) is 0 Å². The molecule has 1 atom stereocenters. The fraction of sp³-hybridized carbons (Fsp3) is 1.00. The molecule has 0 aliphatic heterocycles. The van der Waals surface area contributed by atoms with Gasteiger partial charge in [0.15, 0.2) is 0 Å². The number of rotatable bonds is 2. The largest absolute Gasteiger partial charge is 0.264 e. The third-order valence-electron chi connectivity index (χ3n) is 0.287. The molecule has 5 heteroatoms. The van der Waals surface area contributed by atoms with E-state index in [-0.39, 0.29) is 0 Å². The highest BCUT2D eigenvalue weighted by Crippen LogP contribution is 1.98. The predicted octanol–water partition coefficient (Wildman–Crippen LogP) is 0.954. The summed E-state index contributed by atoms with van der Waals surface area (Å²) in [5.74, 6) is 0. The first kappa shape index (κ1) is 6.81. The van der Waals surface area contributed by atoms with E-state index in [0.29, 0.717) is 0 Å². The number of nitrogens with zero attached hydrogens (tertiary/aromatic N) is 1. The number of halogens is 2. The van der Waals surface area contributed by atoms with Gasteiger partial charge in [0, 0.05) is 4.92 Å².